The highest BCUT2D eigenvalue weighted by Gasteiger charge is 1.96. The van der Waals surface area contributed by atoms with Crippen LogP contribution in [0.3, 0.4) is 0 Å². The van der Waals surface area contributed by atoms with Gasteiger partial charge in [-0.05, 0) is 6.42 Å². The zero-order valence-electron chi connectivity index (χ0n) is 12.1. The highest BCUT2D eigenvalue weighted by Crippen LogP contribution is 1.84. The fourth-order valence-electron chi connectivity index (χ4n) is 0.240. The Hall–Kier alpha value is -0.390. The minimum atomic E-state index is -3.67. The Morgan fingerprint density at radius 2 is 0.909 bits per heavy atom. The topological polar surface area (TPSA) is 224 Å². The molecular formula is C7H22O12S3. The van der Waals surface area contributed by atoms with E-state index in [1.165, 1.54) is 0 Å². The molecular weight excluding hydrogens is 372 g/mol. The lowest BCUT2D eigenvalue weighted by Crippen LogP contribution is -2.12. The summed E-state index contributed by atoms with van der Waals surface area (Å²) in [6.45, 7) is -0.331. The molecule has 6 N–H and O–H groups in total. The monoisotopic (exact) mass is 394 g/mol. The van der Waals surface area contributed by atoms with Gasteiger partial charge in [0.05, 0.1) is 31.5 Å². The predicted molar refractivity (Wildman–Crippen MR) is 77.2 cm³/mol. The first-order chi connectivity index (χ1) is 9.31. The van der Waals surface area contributed by atoms with E-state index in [-0.39, 0.29) is 19.6 Å². The van der Waals surface area contributed by atoms with Crippen molar-refractivity contribution in [2.75, 3.05) is 32.0 Å². The highest BCUT2D eigenvalue weighted by molar-refractivity contribution is 7.85. The van der Waals surface area contributed by atoms with Crippen LogP contribution < -0.4 is 0 Å². The van der Waals surface area contributed by atoms with Crippen molar-refractivity contribution in [3.8, 4) is 0 Å². The number of aliphatic hydroxyl groups is 3. The van der Waals surface area contributed by atoms with Crippen LogP contribution in [-0.4, -0.2) is 92.3 Å². The SMILES string of the molecule is CS(=O)(=O)O.CS(=O)(=O)O.CS(=O)(=O)O.OCC[C@H](O)CO. The van der Waals surface area contributed by atoms with E-state index in [1.54, 1.807) is 0 Å². The van der Waals surface area contributed by atoms with Crippen LogP contribution in [-0.2, 0) is 30.4 Å². The fraction of sp³-hybridized carbons (Fsp3) is 1.00. The molecule has 140 valence electrons. The van der Waals surface area contributed by atoms with Gasteiger partial charge in [-0.3, -0.25) is 13.7 Å². The van der Waals surface area contributed by atoms with Crippen molar-refractivity contribution in [3.05, 3.63) is 0 Å². The summed E-state index contributed by atoms with van der Waals surface area (Å²) in [4.78, 5) is 0. The van der Waals surface area contributed by atoms with Gasteiger partial charge in [-0.25, -0.2) is 0 Å². The van der Waals surface area contributed by atoms with E-state index in [4.69, 9.17) is 29.0 Å². The molecule has 0 spiro atoms. The molecule has 0 fully saturated rings. The number of rotatable bonds is 3. The highest BCUT2D eigenvalue weighted by atomic mass is 32.2. The molecule has 0 amide bonds. The van der Waals surface area contributed by atoms with E-state index < -0.39 is 36.5 Å². The molecule has 0 aromatic carbocycles. The average molecular weight is 394 g/mol. The maximum atomic E-state index is 9.19. The van der Waals surface area contributed by atoms with Gasteiger partial charge in [0, 0.05) is 6.61 Å². The molecule has 0 heterocycles. The molecule has 22 heavy (non-hydrogen) atoms. The largest absolute Gasteiger partial charge is 0.396 e. The number of hydrogen-bond acceptors (Lipinski definition) is 9. The molecule has 0 bridgehead atoms. The standard InChI is InChI=1S/C4H10O3.3CH4O3S/c5-2-1-4(7)3-6;3*1-5(2,3)4/h4-7H,1-3H2;3*1H3,(H,2,3,4)/t4-;;;/m0.../s1. The average Bonchev–Trinajstić information content (AvgIpc) is 2.09. The Labute approximate surface area is 129 Å². The Morgan fingerprint density at radius 1 is 0.727 bits per heavy atom. The summed E-state index contributed by atoms with van der Waals surface area (Å²) >= 11 is 0. The van der Waals surface area contributed by atoms with Crippen LogP contribution >= 0.6 is 0 Å². The first kappa shape index (κ1) is 29.6. The Kier molecular flexibility index (Phi) is 19.1. The van der Waals surface area contributed by atoms with E-state index in [0.717, 1.165) is 0 Å². The van der Waals surface area contributed by atoms with Crippen LogP contribution in [0.15, 0.2) is 0 Å². The van der Waals surface area contributed by atoms with Crippen molar-refractivity contribution in [3.63, 3.8) is 0 Å². The maximum absolute atomic E-state index is 9.19. The molecule has 0 saturated heterocycles. The first-order valence-electron chi connectivity index (χ1n) is 4.98. The molecule has 0 aromatic rings. The van der Waals surface area contributed by atoms with E-state index in [0.29, 0.717) is 18.8 Å². The third-order valence-corrected chi connectivity index (χ3v) is 0.673. The molecule has 0 saturated carbocycles. The van der Waals surface area contributed by atoms with Crippen molar-refractivity contribution in [2.45, 2.75) is 12.5 Å². The lowest BCUT2D eigenvalue weighted by atomic mass is 10.3. The molecule has 1 atom stereocenters. The molecule has 0 rings (SSSR count). The molecule has 0 radical (unpaired) electrons. The van der Waals surface area contributed by atoms with Crippen molar-refractivity contribution in [2.24, 2.45) is 0 Å². The molecule has 0 unspecified atom stereocenters. The van der Waals surface area contributed by atoms with Gasteiger partial charge in [0.1, 0.15) is 0 Å². The first-order valence-corrected chi connectivity index (χ1v) is 10.5. The van der Waals surface area contributed by atoms with E-state index >= 15 is 0 Å². The predicted octanol–water partition coefficient (Wildman–Crippen LogP) is -2.77. The lowest BCUT2D eigenvalue weighted by Gasteiger charge is -2.00. The van der Waals surface area contributed by atoms with Crippen molar-refractivity contribution < 1.29 is 54.2 Å². The lowest BCUT2D eigenvalue weighted by molar-refractivity contribution is 0.0721. The number of hydrogen-bond donors (Lipinski definition) is 6. The van der Waals surface area contributed by atoms with Crippen molar-refractivity contribution in [1.82, 2.24) is 0 Å². The van der Waals surface area contributed by atoms with Crippen LogP contribution in [0.25, 0.3) is 0 Å². The quantitative estimate of drug-likeness (QED) is 0.268. The second-order valence-corrected chi connectivity index (χ2v) is 7.95. The van der Waals surface area contributed by atoms with Gasteiger partial charge in [0.2, 0.25) is 0 Å². The number of aliphatic hydroxyl groups excluding tert-OH is 3. The minimum absolute atomic E-state index is 0.0677. The van der Waals surface area contributed by atoms with Gasteiger partial charge >= 0.3 is 0 Å². The Bertz CT molecular complexity index is 436. The van der Waals surface area contributed by atoms with Gasteiger partial charge in [0.25, 0.3) is 30.4 Å². The molecule has 12 nitrogen and oxygen atoms in total. The zero-order valence-corrected chi connectivity index (χ0v) is 14.5. The van der Waals surface area contributed by atoms with Gasteiger partial charge in [-0.2, -0.15) is 25.3 Å². The summed E-state index contributed by atoms with van der Waals surface area (Å²) in [6, 6.07) is 0. The van der Waals surface area contributed by atoms with Gasteiger partial charge < -0.3 is 15.3 Å². The van der Waals surface area contributed by atoms with E-state index in [2.05, 4.69) is 0 Å². The molecule has 15 heteroatoms. The van der Waals surface area contributed by atoms with Crippen LogP contribution in [0, 0.1) is 0 Å². The van der Waals surface area contributed by atoms with Crippen molar-refractivity contribution in [1.29, 1.82) is 0 Å². The summed E-state index contributed by atoms with van der Waals surface area (Å²) < 4.78 is 77.6. The summed E-state index contributed by atoms with van der Waals surface area (Å²) in [5.41, 5.74) is 0. The summed E-state index contributed by atoms with van der Waals surface area (Å²) in [5.74, 6) is 0. The fourth-order valence-corrected chi connectivity index (χ4v) is 0.240. The van der Waals surface area contributed by atoms with Crippen molar-refractivity contribution >= 4 is 30.4 Å². The van der Waals surface area contributed by atoms with E-state index in [1.807, 2.05) is 0 Å². The third-order valence-electron chi connectivity index (χ3n) is 0.673. The van der Waals surface area contributed by atoms with Crippen LogP contribution in [0.4, 0.5) is 0 Å². The third kappa shape index (κ3) is 320. The van der Waals surface area contributed by atoms with Crippen LogP contribution in [0.1, 0.15) is 6.42 Å². The zero-order chi connectivity index (χ0) is 19.2. The molecule has 0 aliphatic rings. The maximum Gasteiger partial charge on any atom is 0.261 e. The van der Waals surface area contributed by atoms with Crippen LogP contribution in [0.2, 0.25) is 0 Å². The second kappa shape index (κ2) is 14.2. The van der Waals surface area contributed by atoms with Gasteiger partial charge in [0.15, 0.2) is 0 Å². The summed E-state index contributed by atoms with van der Waals surface area (Å²) in [6.07, 6.45) is 1.66. The van der Waals surface area contributed by atoms with Gasteiger partial charge in [-0.15, -0.1) is 0 Å². The van der Waals surface area contributed by atoms with Gasteiger partial charge in [-0.1, -0.05) is 0 Å². The normalized spacial score (nSPS) is 12.4. The summed E-state index contributed by atoms with van der Waals surface area (Å²) in [5, 5.41) is 24.6. The molecule has 0 aromatic heterocycles. The molecule has 0 aliphatic carbocycles. The van der Waals surface area contributed by atoms with E-state index in [9.17, 15) is 25.3 Å². The molecule has 0 aliphatic heterocycles. The minimum Gasteiger partial charge on any atom is -0.396 e. The second-order valence-electron chi connectivity index (χ2n) is 3.55. The Morgan fingerprint density at radius 3 is 0.955 bits per heavy atom. The Balaban J connectivity index is -0.0000000995. The summed E-state index contributed by atoms with van der Waals surface area (Å²) in [7, 11) is -11.0. The van der Waals surface area contributed by atoms with Crippen LogP contribution in [0.5, 0.6) is 0 Å². The smallest absolute Gasteiger partial charge is 0.261 e.